The predicted molar refractivity (Wildman–Crippen MR) is 90.6 cm³/mol. The Balaban J connectivity index is 2.16. The molecule has 3 aromatic rings. The summed E-state index contributed by atoms with van der Waals surface area (Å²) in [6, 6.07) is 3.06. The highest BCUT2D eigenvalue weighted by atomic mass is 35.5. The number of carbonyl (C=O) groups is 1. The van der Waals surface area contributed by atoms with Crippen LogP contribution in [0.2, 0.25) is 5.15 Å². The van der Waals surface area contributed by atoms with E-state index in [0.29, 0.717) is 17.2 Å². The number of aromatic nitrogens is 4. The van der Waals surface area contributed by atoms with E-state index < -0.39 is 5.91 Å². The molecule has 3 rings (SSSR count). The summed E-state index contributed by atoms with van der Waals surface area (Å²) in [5, 5.41) is 0.0685. The Labute approximate surface area is 147 Å². The maximum Gasteiger partial charge on any atom is 0.265 e. The first-order chi connectivity index (χ1) is 12.0. The average molecular weight is 364 g/mol. The van der Waals surface area contributed by atoms with Gasteiger partial charge in [-0.1, -0.05) is 11.6 Å². The average Bonchev–Trinajstić information content (AvgIpc) is 3.03. The van der Waals surface area contributed by atoms with Crippen molar-refractivity contribution in [2.75, 3.05) is 27.1 Å². The van der Waals surface area contributed by atoms with Crippen LogP contribution in [-0.4, -0.2) is 46.8 Å². The first-order valence-corrected chi connectivity index (χ1v) is 7.38. The minimum Gasteiger partial charge on any atom is -0.493 e. The van der Waals surface area contributed by atoms with Crippen LogP contribution in [0.3, 0.4) is 0 Å². The lowest BCUT2D eigenvalue weighted by molar-refractivity contribution is 0.0963. The van der Waals surface area contributed by atoms with Crippen molar-refractivity contribution in [3.05, 3.63) is 29.2 Å². The number of fused-ring (bicyclic) bond motifs is 1. The van der Waals surface area contributed by atoms with Gasteiger partial charge in [-0.15, -0.1) is 0 Å². The van der Waals surface area contributed by atoms with Gasteiger partial charge in [0, 0.05) is 5.56 Å². The van der Waals surface area contributed by atoms with E-state index in [9.17, 15) is 4.79 Å². The van der Waals surface area contributed by atoms with E-state index in [4.69, 9.17) is 31.5 Å². The van der Waals surface area contributed by atoms with Gasteiger partial charge in [0.1, 0.15) is 11.8 Å². The molecule has 2 heterocycles. The number of carbonyl (C=O) groups excluding carboxylic acids is 1. The number of methoxy groups -OCH3 is 3. The summed E-state index contributed by atoms with van der Waals surface area (Å²) in [5.41, 5.74) is 6.36. The second kappa shape index (κ2) is 6.44. The van der Waals surface area contributed by atoms with Crippen LogP contribution in [0.1, 0.15) is 10.4 Å². The molecule has 25 heavy (non-hydrogen) atoms. The van der Waals surface area contributed by atoms with Gasteiger partial charge in [-0.3, -0.25) is 4.79 Å². The van der Waals surface area contributed by atoms with Crippen molar-refractivity contribution in [2.24, 2.45) is 0 Å². The number of anilines is 1. The quantitative estimate of drug-likeness (QED) is 0.697. The molecular formula is C15H14ClN5O4. The Kier molecular flexibility index (Phi) is 4.32. The van der Waals surface area contributed by atoms with E-state index in [0.717, 1.165) is 0 Å². The summed E-state index contributed by atoms with van der Waals surface area (Å²) >= 11 is 5.99. The highest BCUT2D eigenvalue weighted by Gasteiger charge is 2.21. The third-order valence-electron chi connectivity index (χ3n) is 3.50. The number of halogens is 1. The Morgan fingerprint density at radius 2 is 1.76 bits per heavy atom. The molecule has 130 valence electrons. The molecule has 10 heteroatoms. The molecule has 0 aliphatic carbocycles. The van der Waals surface area contributed by atoms with E-state index >= 15 is 0 Å². The topological polar surface area (TPSA) is 114 Å². The standard InChI is InChI=1S/C15H14ClN5O4/c1-23-8-4-7(5-9(24-2)11(8)25-3)14(22)21-6-18-10-12(16)19-15(17)20-13(10)21/h4-6H,1-3H3,(H2,17,19,20). The molecule has 1 aromatic carbocycles. The second-order valence-electron chi connectivity index (χ2n) is 4.88. The third-order valence-corrected chi connectivity index (χ3v) is 3.76. The summed E-state index contributed by atoms with van der Waals surface area (Å²) in [6.07, 6.45) is 1.30. The smallest absolute Gasteiger partial charge is 0.265 e. The molecule has 2 N–H and O–H groups in total. The van der Waals surface area contributed by atoms with Crippen molar-refractivity contribution in [2.45, 2.75) is 0 Å². The van der Waals surface area contributed by atoms with Gasteiger partial charge in [-0.2, -0.15) is 9.97 Å². The molecule has 0 radical (unpaired) electrons. The SMILES string of the molecule is COc1cc(C(=O)n2cnc3c(Cl)nc(N)nc32)cc(OC)c1OC. The zero-order chi connectivity index (χ0) is 18.1. The van der Waals surface area contributed by atoms with Crippen LogP contribution < -0.4 is 19.9 Å². The second-order valence-corrected chi connectivity index (χ2v) is 5.24. The van der Waals surface area contributed by atoms with Crippen LogP contribution in [0.4, 0.5) is 5.95 Å². The fraction of sp³-hybridized carbons (Fsp3) is 0.200. The van der Waals surface area contributed by atoms with Gasteiger partial charge >= 0.3 is 0 Å². The Morgan fingerprint density at radius 1 is 1.12 bits per heavy atom. The van der Waals surface area contributed by atoms with E-state index in [-0.39, 0.29) is 27.8 Å². The number of rotatable bonds is 4. The first kappa shape index (κ1) is 16.8. The van der Waals surface area contributed by atoms with Crippen molar-refractivity contribution in [1.29, 1.82) is 0 Å². The summed E-state index contributed by atoms with van der Waals surface area (Å²) in [4.78, 5) is 24.8. The number of nitrogens with zero attached hydrogens (tertiary/aromatic N) is 4. The van der Waals surface area contributed by atoms with Crippen molar-refractivity contribution >= 4 is 34.6 Å². The van der Waals surface area contributed by atoms with Crippen LogP contribution in [0.25, 0.3) is 11.2 Å². The molecule has 0 unspecified atom stereocenters. The van der Waals surface area contributed by atoms with Crippen LogP contribution in [0.5, 0.6) is 17.2 Å². The Hall–Kier alpha value is -3.07. The lowest BCUT2D eigenvalue weighted by Crippen LogP contribution is -2.13. The van der Waals surface area contributed by atoms with Crippen molar-refractivity contribution in [3.63, 3.8) is 0 Å². The number of hydrogen-bond acceptors (Lipinski definition) is 8. The molecule has 0 atom stereocenters. The molecule has 0 saturated carbocycles. The number of benzene rings is 1. The monoisotopic (exact) mass is 363 g/mol. The van der Waals surface area contributed by atoms with Gasteiger partial charge in [0.2, 0.25) is 11.7 Å². The normalized spacial score (nSPS) is 10.7. The van der Waals surface area contributed by atoms with Crippen LogP contribution in [0.15, 0.2) is 18.5 Å². The van der Waals surface area contributed by atoms with E-state index in [1.807, 2.05) is 0 Å². The van der Waals surface area contributed by atoms with Crippen LogP contribution >= 0.6 is 11.6 Å². The molecule has 0 spiro atoms. The molecule has 2 aromatic heterocycles. The zero-order valence-corrected chi connectivity index (χ0v) is 14.4. The largest absolute Gasteiger partial charge is 0.493 e. The molecule has 0 fully saturated rings. The van der Waals surface area contributed by atoms with E-state index in [1.54, 1.807) is 0 Å². The van der Waals surface area contributed by atoms with Crippen LogP contribution in [0, 0.1) is 0 Å². The van der Waals surface area contributed by atoms with Crippen molar-refractivity contribution in [1.82, 2.24) is 19.5 Å². The number of hydrogen-bond donors (Lipinski definition) is 1. The van der Waals surface area contributed by atoms with Crippen molar-refractivity contribution < 1.29 is 19.0 Å². The molecule has 0 amide bonds. The van der Waals surface area contributed by atoms with E-state index in [2.05, 4.69) is 15.0 Å². The minimum absolute atomic E-state index is 0.0584. The number of nitrogens with two attached hydrogens (primary N) is 1. The van der Waals surface area contributed by atoms with Crippen LogP contribution in [-0.2, 0) is 0 Å². The zero-order valence-electron chi connectivity index (χ0n) is 13.6. The van der Waals surface area contributed by atoms with Crippen molar-refractivity contribution in [3.8, 4) is 17.2 Å². The number of nitrogen functional groups attached to an aromatic ring is 1. The molecular weight excluding hydrogens is 350 g/mol. The minimum atomic E-state index is -0.420. The molecule has 9 nitrogen and oxygen atoms in total. The van der Waals surface area contributed by atoms with Gasteiger partial charge in [0.15, 0.2) is 22.3 Å². The third kappa shape index (κ3) is 2.78. The lowest BCUT2D eigenvalue weighted by Gasteiger charge is -2.13. The molecule has 0 saturated heterocycles. The molecule has 0 aliphatic rings. The van der Waals surface area contributed by atoms with Gasteiger partial charge in [0.05, 0.1) is 21.3 Å². The summed E-state index contributed by atoms with van der Waals surface area (Å²) in [6.45, 7) is 0. The highest BCUT2D eigenvalue weighted by Crippen LogP contribution is 2.38. The number of imidazole rings is 1. The Morgan fingerprint density at radius 3 is 2.32 bits per heavy atom. The van der Waals surface area contributed by atoms with Gasteiger partial charge in [0.25, 0.3) is 5.91 Å². The molecule has 0 bridgehead atoms. The first-order valence-electron chi connectivity index (χ1n) is 7.01. The summed E-state index contributed by atoms with van der Waals surface area (Å²) < 4.78 is 17.0. The number of ether oxygens (including phenoxy) is 3. The lowest BCUT2D eigenvalue weighted by atomic mass is 10.1. The summed E-state index contributed by atoms with van der Waals surface area (Å²) in [5.74, 6) is 0.600. The molecule has 0 aliphatic heterocycles. The fourth-order valence-corrected chi connectivity index (χ4v) is 2.59. The maximum absolute atomic E-state index is 12.9. The van der Waals surface area contributed by atoms with E-state index in [1.165, 1.54) is 44.4 Å². The van der Waals surface area contributed by atoms with Gasteiger partial charge in [-0.25, -0.2) is 9.55 Å². The maximum atomic E-state index is 12.9. The van der Waals surface area contributed by atoms with Gasteiger partial charge < -0.3 is 19.9 Å². The Bertz CT molecular complexity index is 947. The predicted octanol–water partition coefficient (Wildman–Crippen LogP) is 1.78. The van der Waals surface area contributed by atoms with Gasteiger partial charge in [-0.05, 0) is 12.1 Å². The summed E-state index contributed by atoms with van der Waals surface area (Å²) in [7, 11) is 4.41. The highest BCUT2D eigenvalue weighted by molar-refractivity contribution is 6.33. The fourth-order valence-electron chi connectivity index (χ4n) is 2.37.